The SMILES string of the molecule is CN[C@@H](C)C(=O)N[C@@H](C(=O)N1C[C@@H](NC(=O)c2nc[nH]c2C(=O)N[C@H]2C[C@@H](C(=O)N[C@@H]3CCCc4ccccc43)N(C(=O)[C@H](NC(=O)[C@H](C)NC)C(C)(C)C)C2)CC1C(=O)N[C@@H]1CCCc2ccccc21)C(C)(C)C.Cl.Cl. The van der Waals surface area contributed by atoms with E-state index in [1.807, 2.05) is 90.1 Å². The summed E-state index contributed by atoms with van der Waals surface area (Å²) in [6, 6.07) is 8.48. The van der Waals surface area contributed by atoms with E-state index in [-0.39, 0.29) is 74.2 Å². The van der Waals surface area contributed by atoms with Gasteiger partial charge in [0.25, 0.3) is 11.8 Å². The number of aryl methyl sites for hydroxylation is 2. The van der Waals surface area contributed by atoms with E-state index < -0.39 is 106 Å². The number of aromatic nitrogens is 2. The summed E-state index contributed by atoms with van der Waals surface area (Å²) < 4.78 is 0. The Bertz CT molecular complexity index is 2460. The Kier molecular flexibility index (Phi) is 20.9. The molecule has 9 N–H and O–H groups in total. The molecule has 77 heavy (non-hydrogen) atoms. The van der Waals surface area contributed by atoms with Gasteiger partial charge in [-0.05, 0) is 112 Å². The van der Waals surface area contributed by atoms with Gasteiger partial charge >= 0.3 is 0 Å². The van der Waals surface area contributed by atoms with Crippen molar-refractivity contribution >= 4 is 72.1 Å². The molecule has 0 radical (unpaired) electrons. The number of carbonyl (C=O) groups excluding carboxylic acids is 8. The quantitative estimate of drug-likeness (QED) is 0.100. The van der Waals surface area contributed by atoms with Gasteiger partial charge in [0.2, 0.25) is 35.4 Å². The van der Waals surface area contributed by atoms with Gasteiger partial charge in [-0.1, -0.05) is 90.1 Å². The summed E-state index contributed by atoms with van der Waals surface area (Å²) in [5, 5.41) is 23.9. The monoisotopic (exact) mass is 1110 g/mol. The molecule has 1 unspecified atom stereocenters. The molecule has 0 spiro atoms. The molecule has 3 aromatic rings. The standard InChI is InChI=1S/C55H78N12O8.2ClH/c1-30(56-9)46(68)64-44(54(3,4)5)52(74)66-27-34(25-40(66)48(70)62-38-23-15-19-32-17-11-13-21-36(32)38)60-50(72)42-43(59-29-58-42)51(73)61-35-26-41(49(71)63-39-24-16-20-33-18-12-14-22-37(33)39)67(28-35)53(75)45(55(6,7)8)65-47(69)31(2)57-10;;/h11-14,17-18,21-22,29-31,34-35,38-41,44-45,56-57H,15-16,19-20,23-28H2,1-10H3,(H,58,59)(H,60,72)(H,61,73)(H,62,70)(H,63,71)(H,64,68)(H,65,69);2*1H/t30-,31-,34-,35-,38+,39+,40-,41?,44-,45-;;/m0../s1. The van der Waals surface area contributed by atoms with E-state index in [9.17, 15) is 38.4 Å². The second-order valence-electron chi connectivity index (χ2n) is 22.9. The molecular weight excluding hydrogens is 1030 g/mol. The first-order valence-corrected chi connectivity index (χ1v) is 26.5. The van der Waals surface area contributed by atoms with Gasteiger partial charge in [0.1, 0.15) is 29.9 Å². The third-order valence-electron chi connectivity index (χ3n) is 15.3. The van der Waals surface area contributed by atoms with Gasteiger partial charge < -0.3 is 57.3 Å². The molecule has 422 valence electrons. The molecule has 22 heteroatoms. The van der Waals surface area contributed by atoms with E-state index in [2.05, 4.69) is 52.5 Å². The predicted octanol–water partition coefficient (Wildman–Crippen LogP) is 3.32. The van der Waals surface area contributed by atoms with Gasteiger partial charge in [-0.2, -0.15) is 0 Å². The highest BCUT2D eigenvalue weighted by Crippen LogP contribution is 2.34. The van der Waals surface area contributed by atoms with Gasteiger partial charge in [-0.3, -0.25) is 38.4 Å². The number of carbonyl (C=O) groups is 8. The van der Waals surface area contributed by atoms with Gasteiger partial charge in [0, 0.05) is 25.2 Å². The number of nitrogens with one attached hydrogen (secondary N) is 9. The summed E-state index contributed by atoms with van der Waals surface area (Å²) in [5.41, 5.74) is 2.36. The number of hydrogen-bond donors (Lipinski definition) is 9. The van der Waals surface area contributed by atoms with E-state index >= 15 is 0 Å². The van der Waals surface area contributed by atoms with Crippen molar-refractivity contribution in [2.45, 2.75) is 167 Å². The summed E-state index contributed by atoms with van der Waals surface area (Å²) in [5.74, 6) is -3.99. The number of hydrogen-bond acceptors (Lipinski definition) is 11. The van der Waals surface area contributed by atoms with Crippen molar-refractivity contribution in [3.63, 3.8) is 0 Å². The molecule has 2 aliphatic carbocycles. The Morgan fingerprint density at radius 3 is 1.40 bits per heavy atom. The molecule has 10 atom stereocenters. The third kappa shape index (κ3) is 14.3. The van der Waals surface area contributed by atoms with E-state index in [0.717, 1.165) is 47.9 Å². The van der Waals surface area contributed by atoms with Crippen LogP contribution in [0.3, 0.4) is 0 Å². The Balaban J connectivity index is 0.00000547. The number of rotatable bonds is 16. The number of imidazole rings is 1. The maximum atomic E-state index is 14.7. The van der Waals surface area contributed by atoms with Crippen molar-refractivity contribution < 1.29 is 38.4 Å². The number of H-pyrrole nitrogens is 1. The number of likely N-dealkylation sites (tertiary alicyclic amines) is 2. The Hall–Kier alpha value is -6.09. The first kappa shape index (κ1) is 61.8. The molecule has 8 amide bonds. The second-order valence-corrected chi connectivity index (χ2v) is 22.9. The van der Waals surface area contributed by atoms with Crippen LogP contribution in [0, 0.1) is 10.8 Å². The smallest absolute Gasteiger partial charge is 0.272 e. The van der Waals surface area contributed by atoms with Crippen LogP contribution in [0.4, 0.5) is 0 Å². The highest BCUT2D eigenvalue weighted by molar-refractivity contribution is 6.05. The average Bonchev–Trinajstić information content (AvgIpc) is 4.16. The number of benzene rings is 2. The molecule has 4 aliphatic rings. The number of amides is 8. The van der Waals surface area contributed by atoms with Crippen LogP contribution in [-0.4, -0.2) is 143 Å². The van der Waals surface area contributed by atoms with E-state index in [1.165, 1.54) is 16.1 Å². The van der Waals surface area contributed by atoms with Crippen molar-refractivity contribution in [2.24, 2.45) is 10.8 Å². The normalized spacial score (nSPS) is 22.5. The van der Waals surface area contributed by atoms with E-state index in [0.29, 0.717) is 12.8 Å². The zero-order valence-electron chi connectivity index (χ0n) is 46.0. The lowest BCUT2D eigenvalue weighted by atomic mass is 9.85. The van der Waals surface area contributed by atoms with Crippen molar-refractivity contribution in [1.29, 1.82) is 0 Å². The third-order valence-corrected chi connectivity index (χ3v) is 15.3. The molecule has 2 aliphatic heterocycles. The van der Waals surface area contributed by atoms with Crippen molar-refractivity contribution in [3.05, 3.63) is 88.5 Å². The van der Waals surface area contributed by atoms with Crippen LogP contribution in [0.2, 0.25) is 0 Å². The van der Waals surface area contributed by atoms with Crippen LogP contribution in [0.15, 0.2) is 54.9 Å². The maximum Gasteiger partial charge on any atom is 0.272 e. The number of likely N-dealkylation sites (N-methyl/N-ethyl adjacent to an activating group) is 2. The fourth-order valence-electron chi connectivity index (χ4n) is 10.8. The van der Waals surface area contributed by atoms with Crippen LogP contribution in [-0.2, 0) is 41.6 Å². The lowest BCUT2D eigenvalue weighted by molar-refractivity contribution is -0.144. The van der Waals surface area contributed by atoms with Gasteiger partial charge in [0.05, 0.1) is 30.5 Å². The first-order valence-electron chi connectivity index (χ1n) is 26.5. The molecule has 20 nitrogen and oxygen atoms in total. The Labute approximate surface area is 464 Å². The summed E-state index contributed by atoms with van der Waals surface area (Å²) >= 11 is 0. The number of halogens is 2. The van der Waals surface area contributed by atoms with Crippen LogP contribution >= 0.6 is 24.8 Å². The van der Waals surface area contributed by atoms with Crippen LogP contribution in [0.1, 0.15) is 149 Å². The number of fused-ring (bicyclic) bond motifs is 2. The number of aromatic amines is 1. The molecule has 2 saturated heterocycles. The zero-order chi connectivity index (χ0) is 54.5. The Morgan fingerprint density at radius 2 is 1.00 bits per heavy atom. The Morgan fingerprint density at radius 1 is 0.597 bits per heavy atom. The summed E-state index contributed by atoms with van der Waals surface area (Å²) in [6.07, 6.45) is 6.21. The first-order chi connectivity index (χ1) is 35.5. The molecule has 0 bridgehead atoms. The van der Waals surface area contributed by atoms with Crippen molar-refractivity contribution in [1.82, 2.24) is 62.3 Å². The second kappa shape index (κ2) is 26.0. The summed E-state index contributed by atoms with van der Waals surface area (Å²) in [4.78, 5) is 123. The molecule has 2 aromatic carbocycles. The predicted molar refractivity (Wildman–Crippen MR) is 296 cm³/mol. The number of nitrogens with zero attached hydrogens (tertiary/aromatic N) is 3. The summed E-state index contributed by atoms with van der Waals surface area (Å²) in [6.45, 7) is 14.2. The minimum absolute atomic E-state index is 0. The van der Waals surface area contributed by atoms with Crippen molar-refractivity contribution in [3.8, 4) is 0 Å². The largest absolute Gasteiger partial charge is 0.347 e. The fraction of sp³-hybridized carbons (Fsp3) is 0.582. The van der Waals surface area contributed by atoms with Crippen LogP contribution < -0.4 is 42.5 Å². The lowest BCUT2D eigenvalue weighted by Crippen LogP contribution is -2.59. The van der Waals surface area contributed by atoms with E-state index in [4.69, 9.17) is 0 Å². The minimum atomic E-state index is -1.03. The summed E-state index contributed by atoms with van der Waals surface area (Å²) in [7, 11) is 3.28. The highest BCUT2D eigenvalue weighted by Gasteiger charge is 2.48. The fourth-order valence-corrected chi connectivity index (χ4v) is 10.8. The van der Waals surface area contributed by atoms with Crippen LogP contribution in [0.25, 0.3) is 0 Å². The molecule has 2 fully saturated rings. The molecular formula is C55H80Cl2N12O8. The lowest BCUT2D eigenvalue weighted by Gasteiger charge is -2.36. The van der Waals surface area contributed by atoms with Crippen molar-refractivity contribution in [2.75, 3.05) is 27.2 Å². The van der Waals surface area contributed by atoms with E-state index in [1.54, 1.807) is 27.9 Å². The van der Waals surface area contributed by atoms with Gasteiger partial charge in [-0.15, -0.1) is 24.8 Å². The topological polar surface area (TPSA) is 268 Å². The van der Waals surface area contributed by atoms with Gasteiger partial charge in [-0.25, -0.2) is 4.98 Å². The highest BCUT2D eigenvalue weighted by atomic mass is 35.5. The molecule has 3 heterocycles. The average molecular weight is 1110 g/mol. The molecule has 1 aromatic heterocycles. The van der Waals surface area contributed by atoms with Crippen LogP contribution in [0.5, 0.6) is 0 Å². The zero-order valence-corrected chi connectivity index (χ0v) is 47.6. The molecule has 0 saturated carbocycles. The molecule has 7 rings (SSSR count). The van der Waals surface area contributed by atoms with Gasteiger partial charge in [0.15, 0.2) is 5.69 Å². The maximum absolute atomic E-state index is 14.7. The minimum Gasteiger partial charge on any atom is -0.347 e.